The molecule has 1 amide bonds. The minimum atomic E-state index is -2.96. The summed E-state index contributed by atoms with van der Waals surface area (Å²) in [6.45, 7) is -2.96. The minimum Gasteiger partial charge on any atom is -0.433 e. The number of aromatic amines is 1. The van der Waals surface area contributed by atoms with Crippen LogP contribution in [0.15, 0.2) is 30.5 Å². The van der Waals surface area contributed by atoms with Crippen LogP contribution in [0.3, 0.4) is 0 Å². The predicted molar refractivity (Wildman–Crippen MR) is 71.2 cm³/mol. The van der Waals surface area contributed by atoms with Gasteiger partial charge in [-0.25, -0.2) is 0 Å². The van der Waals surface area contributed by atoms with Gasteiger partial charge in [0.05, 0.1) is 5.02 Å². The number of alkyl halides is 2. The van der Waals surface area contributed by atoms with E-state index in [1.807, 2.05) is 0 Å². The third-order valence-electron chi connectivity index (χ3n) is 2.36. The van der Waals surface area contributed by atoms with Crippen molar-refractivity contribution >= 4 is 28.9 Å². The molecule has 106 valence electrons. The first-order chi connectivity index (χ1) is 9.45. The fraction of sp³-hybridized carbons (Fsp3) is 0.0833. The zero-order valence-corrected chi connectivity index (χ0v) is 10.7. The number of amides is 1. The summed E-state index contributed by atoms with van der Waals surface area (Å²) in [4.78, 5) is 14.5. The van der Waals surface area contributed by atoms with Crippen molar-refractivity contribution in [1.29, 1.82) is 0 Å². The SMILES string of the molecule is Nc1c[nH]c(C(=O)Nc2ccc(OC(F)F)c(Cl)c2)c1. The number of carbonyl (C=O) groups excluding carboxylic acids is 1. The van der Waals surface area contributed by atoms with Crippen LogP contribution in [-0.2, 0) is 0 Å². The van der Waals surface area contributed by atoms with Gasteiger partial charge in [-0.3, -0.25) is 4.79 Å². The Kier molecular flexibility index (Phi) is 4.09. The van der Waals surface area contributed by atoms with Gasteiger partial charge in [0.2, 0.25) is 0 Å². The van der Waals surface area contributed by atoms with Gasteiger partial charge < -0.3 is 20.8 Å². The topological polar surface area (TPSA) is 80.1 Å². The van der Waals surface area contributed by atoms with Gasteiger partial charge in [-0.1, -0.05) is 11.6 Å². The van der Waals surface area contributed by atoms with Gasteiger partial charge >= 0.3 is 6.61 Å². The zero-order chi connectivity index (χ0) is 14.7. The van der Waals surface area contributed by atoms with Crippen LogP contribution in [0, 0.1) is 0 Å². The number of nitrogen functional groups attached to an aromatic ring is 1. The molecule has 0 saturated heterocycles. The van der Waals surface area contributed by atoms with Crippen molar-refractivity contribution < 1.29 is 18.3 Å². The Balaban J connectivity index is 2.10. The first-order valence-corrected chi connectivity index (χ1v) is 5.83. The van der Waals surface area contributed by atoms with E-state index in [2.05, 4.69) is 15.0 Å². The summed E-state index contributed by atoms with van der Waals surface area (Å²) in [7, 11) is 0. The number of carbonyl (C=O) groups is 1. The Morgan fingerprint density at radius 3 is 2.70 bits per heavy atom. The second-order valence-corrected chi connectivity index (χ2v) is 4.23. The molecule has 0 spiro atoms. The lowest BCUT2D eigenvalue weighted by molar-refractivity contribution is -0.0497. The Morgan fingerprint density at radius 2 is 2.15 bits per heavy atom. The van der Waals surface area contributed by atoms with Crippen LogP contribution in [-0.4, -0.2) is 17.5 Å². The third-order valence-corrected chi connectivity index (χ3v) is 2.65. The highest BCUT2D eigenvalue weighted by molar-refractivity contribution is 6.32. The van der Waals surface area contributed by atoms with Crippen molar-refractivity contribution in [3.8, 4) is 5.75 Å². The summed E-state index contributed by atoms with van der Waals surface area (Å²) in [5, 5.41) is 2.51. The summed E-state index contributed by atoms with van der Waals surface area (Å²) < 4.78 is 28.3. The van der Waals surface area contributed by atoms with E-state index in [1.165, 1.54) is 30.5 Å². The number of rotatable bonds is 4. The van der Waals surface area contributed by atoms with Gasteiger partial charge in [0.15, 0.2) is 0 Å². The van der Waals surface area contributed by atoms with Gasteiger partial charge in [-0.2, -0.15) is 8.78 Å². The molecule has 1 aromatic heterocycles. The third kappa shape index (κ3) is 3.39. The fourth-order valence-electron chi connectivity index (χ4n) is 1.51. The molecule has 4 N–H and O–H groups in total. The normalized spacial score (nSPS) is 10.6. The van der Waals surface area contributed by atoms with Crippen LogP contribution < -0.4 is 15.8 Å². The second-order valence-electron chi connectivity index (χ2n) is 3.82. The number of hydrogen-bond acceptors (Lipinski definition) is 3. The monoisotopic (exact) mass is 301 g/mol. The number of nitrogens with one attached hydrogen (secondary N) is 2. The molecule has 1 heterocycles. The molecule has 0 bridgehead atoms. The van der Waals surface area contributed by atoms with Gasteiger partial charge in [0.1, 0.15) is 11.4 Å². The molecule has 0 unspecified atom stereocenters. The van der Waals surface area contributed by atoms with E-state index in [1.54, 1.807) is 0 Å². The Morgan fingerprint density at radius 1 is 1.40 bits per heavy atom. The number of nitrogens with two attached hydrogens (primary N) is 1. The number of aromatic nitrogens is 1. The van der Waals surface area contributed by atoms with Gasteiger partial charge in [0.25, 0.3) is 5.91 Å². The molecule has 0 radical (unpaired) electrons. The van der Waals surface area contributed by atoms with Crippen molar-refractivity contribution in [2.75, 3.05) is 11.1 Å². The molecule has 20 heavy (non-hydrogen) atoms. The van der Waals surface area contributed by atoms with E-state index in [9.17, 15) is 13.6 Å². The molecule has 1 aromatic carbocycles. The minimum absolute atomic E-state index is 0.0332. The molecule has 5 nitrogen and oxygen atoms in total. The van der Waals surface area contributed by atoms with E-state index < -0.39 is 12.5 Å². The van der Waals surface area contributed by atoms with Crippen LogP contribution in [0.25, 0.3) is 0 Å². The molecule has 0 aliphatic rings. The van der Waals surface area contributed by atoms with E-state index >= 15 is 0 Å². The largest absolute Gasteiger partial charge is 0.433 e. The standard InChI is InChI=1S/C12H10ClF2N3O2/c13-8-4-7(1-2-10(8)20-12(14)15)18-11(19)9-3-6(16)5-17-9/h1-5,12,17H,16H2,(H,18,19). The summed E-state index contributed by atoms with van der Waals surface area (Å²) in [6.07, 6.45) is 1.47. The molecule has 0 fully saturated rings. The lowest BCUT2D eigenvalue weighted by Gasteiger charge is -2.09. The first-order valence-electron chi connectivity index (χ1n) is 5.45. The highest BCUT2D eigenvalue weighted by atomic mass is 35.5. The van der Waals surface area contributed by atoms with Crippen LogP contribution in [0.5, 0.6) is 5.75 Å². The van der Waals surface area contributed by atoms with E-state index in [4.69, 9.17) is 17.3 Å². The maximum absolute atomic E-state index is 12.1. The molecule has 0 aliphatic carbocycles. The number of ether oxygens (including phenoxy) is 1. The smallest absolute Gasteiger partial charge is 0.387 e. The molecular weight excluding hydrogens is 292 g/mol. The van der Waals surface area contributed by atoms with Crippen molar-refractivity contribution in [3.63, 3.8) is 0 Å². The lowest BCUT2D eigenvalue weighted by atomic mass is 10.3. The lowest BCUT2D eigenvalue weighted by Crippen LogP contribution is -2.12. The number of benzene rings is 1. The quantitative estimate of drug-likeness (QED) is 0.811. The van der Waals surface area contributed by atoms with Gasteiger partial charge in [0, 0.05) is 17.6 Å². The molecule has 0 aliphatic heterocycles. The average molecular weight is 302 g/mol. The summed E-state index contributed by atoms with van der Waals surface area (Å²) >= 11 is 5.77. The van der Waals surface area contributed by atoms with Crippen molar-refractivity contribution in [1.82, 2.24) is 4.98 Å². The fourth-order valence-corrected chi connectivity index (χ4v) is 1.74. The van der Waals surface area contributed by atoms with Crippen molar-refractivity contribution in [2.45, 2.75) is 6.61 Å². The number of H-pyrrole nitrogens is 1. The van der Waals surface area contributed by atoms with E-state index in [-0.39, 0.29) is 16.5 Å². The molecular formula is C12H10ClF2N3O2. The summed E-state index contributed by atoms with van der Waals surface area (Å²) in [6, 6.07) is 5.41. The number of halogens is 3. The van der Waals surface area contributed by atoms with Crippen LogP contribution in [0.1, 0.15) is 10.5 Å². The molecule has 8 heteroatoms. The van der Waals surface area contributed by atoms with Crippen molar-refractivity contribution in [2.24, 2.45) is 0 Å². The van der Waals surface area contributed by atoms with E-state index in [0.29, 0.717) is 11.4 Å². The van der Waals surface area contributed by atoms with E-state index in [0.717, 1.165) is 0 Å². The average Bonchev–Trinajstić information content (AvgIpc) is 2.79. The molecule has 2 rings (SSSR count). The maximum atomic E-state index is 12.1. The van der Waals surface area contributed by atoms with Crippen LogP contribution in [0.4, 0.5) is 20.2 Å². The zero-order valence-electron chi connectivity index (χ0n) is 9.99. The van der Waals surface area contributed by atoms with Crippen LogP contribution >= 0.6 is 11.6 Å². The van der Waals surface area contributed by atoms with Gasteiger partial charge in [-0.15, -0.1) is 0 Å². The Hall–Kier alpha value is -2.28. The van der Waals surface area contributed by atoms with Crippen LogP contribution in [0.2, 0.25) is 5.02 Å². The highest BCUT2D eigenvalue weighted by Crippen LogP contribution is 2.29. The molecule has 0 atom stereocenters. The Labute approximate surface area is 117 Å². The maximum Gasteiger partial charge on any atom is 0.387 e. The molecule has 2 aromatic rings. The summed E-state index contributed by atoms with van der Waals surface area (Å²) in [5.41, 5.74) is 6.52. The predicted octanol–water partition coefficient (Wildman–Crippen LogP) is 3.10. The Bertz CT molecular complexity index is 631. The van der Waals surface area contributed by atoms with Crippen molar-refractivity contribution in [3.05, 3.63) is 41.2 Å². The first kappa shape index (κ1) is 14.1. The summed E-state index contributed by atoms with van der Waals surface area (Å²) in [5.74, 6) is -0.593. The molecule has 0 saturated carbocycles. The second kappa shape index (κ2) is 5.79. The van der Waals surface area contributed by atoms with Gasteiger partial charge in [-0.05, 0) is 24.3 Å². The number of anilines is 2. The number of hydrogen-bond donors (Lipinski definition) is 3. The highest BCUT2D eigenvalue weighted by Gasteiger charge is 2.12.